The minimum absolute atomic E-state index is 0.0691. The molecule has 0 aromatic carbocycles. The van der Waals surface area contributed by atoms with E-state index < -0.39 is 17.8 Å². The smallest absolute Gasteiger partial charge is 0.316 e. The first kappa shape index (κ1) is 9.38. The van der Waals surface area contributed by atoms with Crippen LogP contribution in [0.15, 0.2) is 0 Å². The average Bonchev–Trinajstić information content (AvgIpc) is 2.23. The number of hydrogen-bond acceptors (Lipinski definition) is 3. The van der Waals surface area contributed by atoms with E-state index in [1.807, 2.05) is 0 Å². The lowest BCUT2D eigenvalue weighted by Crippen LogP contribution is -2.33. The Balaban J connectivity index is 2.71. The number of nitrogens with zero attached hydrogens (tertiary/aromatic N) is 1. The van der Waals surface area contributed by atoms with Gasteiger partial charge >= 0.3 is 5.97 Å². The predicted molar refractivity (Wildman–Crippen MR) is 38.0 cm³/mol. The molecule has 0 saturated carbocycles. The van der Waals surface area contributed by atoms with Crippen molar-refractivity contribution in [3.8, 4) is 0 Å². The SMILES string of the molecule is COC(=O)C1CN(C)CC1(F)F. The van der Waals surface area contributed by atoms with Crippen molar-refractivity contribution < 1.29 is 18.3 Å². The van der Waals surface area contributed by atoms with Crippen LogP contribution in [0.25, 0.3) is 0 Å². The quantitative estimate of drug-likeness (QED) is 0.544. The van der Waals surface area contributed by atoms with Crippen LogP contribution in [-0.2, 0) is 9.53 Å². The molecule has 1 unspecified atom stereocenters. The highest BCUT2D eigenvalue weighted by Crippen LogP contribution is 2.32. The Hall–Kier alpha value is -0.710. The van der Waals surface area contributed by atoms with Crippen LogP contribution in [0.3, 0.4) is 0 Å². The first-order valence-electron chi connectivity index (χ1n) is 3.61. The van der Waals surface area contributed by atoms with Crippen molar-refractivity contribution in [3.05, 3.63) is 0 Å². The fourth-order valence-electron chi connectivity index (χ4n) is 1.37. The Kier molecular flexibility index (Phi) is 2.32. The second-order valence-corrected chi connectivity index (χ2v) is 3.03. The van der Waals surface area contributed by atoms with E-state index in [0.29, 0.717) is 0 Å². The highest BCUT2D eigenvalue weighted by atomic mass is 19.3. The Morgan fingerprint density at radius 2 is 2.25 bits per heavy atom. The molecule has 5 heteroatoms. The maximum atomic E-state index is 13.0. The van der Waals surface area contributed by atoms with Crippen LogP contribution in [0.2, 0.25) is 0 Å². The Morgan fingerprint density at radius 1 is 1.67 bits per heavy atom. The number of likely N-dealkylation sites (tertiary alicyclic amines) is 1. The Morgan fingerprint density at radius 3 is 2.58 bits per heavy atom. The summed E-state index contributed by atoms with van der Waals surface area (Å²) in [6.45, 7) is -0.299. The van der Waals surface area contributed by atoms with Gasteiger partial charge < -0.3 is 4.74 Å². The summed E-state index contributed by atoms with van der Waals surface area (Å²) in [5.74, 6) is -5.07. The maximum Gasteiger partial charge on any atom is 0.316 e. The molecule has 3 nitrogen and oxygen atoms in total. The highest BCUT2D eigenvalue weighted by Gasteiger charge is 2.51. The van der Waals surface area contributed by atoms with E-state index in [2.05, 4.69) is 4.74 Å². The summed E-state index contributed by atoms with van der Waals surface area (Å²) in [6, 6.07) is 0. The van der Waals surface area contributed by atoms with Gasteiger partial charge in [-0.1, -0.05) is 0 Å². The normalized spacial score (nSPS) is 28.8. The van der Waals surface area contributed by atoms with Gasteiger partial charge in [0.2, 0.25) is 0 Å². The molecule has 12 heavy (non-hydrogen) atoms. The molecule has 1 aliphatic rings. The minimum Gasteiger partial charge on any atom is -0.469 e. The molecule has 0 amide bonds. The molecular weight excluding hydrogens is 168 g/mol. The lowest BCUT2D eigenvalue weighted by molar-refractivity contribution is -0.155. The fraction of sp³-hybridized carbons (Fsp3) is 0.857. The first-order chi connectivity index (χ1) is 5.47. The van der Waals surface area contributed by atoms with Crippen LogP contribution in [0.5, 0.6) is 0 Å². The standard InChI is InChI=1S/C7H11F2NO2/c1-10-3-5(6(11)12-2)7(8,9)4-10/h5H,3-4H2,1-2H3. The summed E-state index contributed by atoms with van der Waals surface area (Å²) < 4.78 is 30.2. The van der Waals surface area contributed by atoms with Gasteiger partial charge in [-0.2, -0.15) is 0 Å². The number of carbonyl (C=O) groups is 1. The lowest BCUT2D eigenvalue weighted by atomic mass is 10.1. The molecule has 1 fully saturated rings. The molecule has 0 N–H and O–H groups in total. The van der Waals surface area contributed by atoms with Crippen molar-refractivity contribution >= 4 is 5.97 Å². The molecule has 0 aromatic heterocycles. The van der Waals surface area contributed by atoms with Crippen molar-refractivity contribution in [1.29, 1.82) is 0 Å². The van der Waals surface area contributed by atoms with E-state index in [-0.39, 0.29) is 13.1 Å². The number of alkyl halides is 2. The molecule has 0 bridgehead atoms. The number of halogens is 2. The van der Waals surface area contributed by atoms with Gasteiger partial charge in [0.15, 0.2) is 0 Å². The van der Waals surface area contributed by atoms with Gasteiger partial charge in [0.1, 0.15) is 5.92 Å². The number of rotatable bonds is 1. The Bertz CT molecular complexity index is 196. The molecule has 0 spiro atoms. The molecule has 1 aliphatic heterocycles. The van der Waals surface area contributed by atoms with Gasteiger partial charge in [-0.25, -0.2) is 8.78 Å². The maximum absolute atomic E-state index is 13.0. The largest absolute Gasteiger partial charge is 0.469 e. The molecule has 70 valence electrons. The Labute approximate surface area is 69.3 Å². The van der Waals surface area contributed by atoms with Crippen molar-refractivity contribution in [1.82, 2.24) is 4.90 Å². The minimum atomic E-state index is -2.94. The third-order valence-corrected chi connectivity index (χ3v) is 1.97. The van der Waals surface area contributed by atoms with E-state index in [0.717, 1.165) is 7.11 Å². The van der Waals surface area contributed by atoms with Crippen LogP contribution in [0.4, 0.5) is 8.78 Å². The molecule has 1 atom stereocenters. The van der Waals surface area contributed by atoms with Crippen LogP contribution in [0, 0.1) is 5.92 Å². The van der Waals surface area contributed by atoms with Crippen molar-refractivity contribution in [2.45, 2.75) is 5.92 Å². The van der Waals surface area contributed by atoms with Gasteiger partial charge in [0, 0.05) is 6.54 Å². The van der Waals surface area contributed by atoms with Crippen LogP contribution in [-0.4, -0.2) is 44.0 Å². The number of esters is 1. The van der Waals surface area contributed by atoms with Crippen molar-refractivity contribution in [3.63, 3.8) is 0 Å². The summed E-state index contributed by atoms with van der Waals surface area (Å²) in [5.41, 5.74) is 0. The third-order valence-electron chi connectivity index (χ3n) is 1.97. The number of methoxy groups -OCH3 is 1. The van der Waals surface area contributed by atoms with Crippen LogP contribution in [0.1, 0.15) is 0 Å². The van der Waals surface area contributed by atoms with Crippen molar-refractivity contribution in [2.75, 3.05) is 27.2 Å². The third kappa shape index (κ3) is 1.55. The van der Waals surface area contributed by atoms with Crippen LogP contribution < -0.4 is 0 Å². The zero-order chi connectivity index (χ0) is 9.35. The molecule has 0 aromatic rings. The molecule has 1 heterocycles. The van der Waals surface area contributed by atoms with E-state index in [1.54, 1.807) is 7.05 Å². The van der Waals surface area contributed by atoms with Gasteiger partial charge in [-0.15, -0.1) is 0 Å². The average molecular weight is 179 g/mol. The van der Waals surface area contributed by atoms with E-state index in [9.17, 15) is 13.6 Å². The monoisotopic (exact) mass is 179 g/mol. The number of hydrogen-bond donors (Lipinski definition) is 0. The summed E-state index contributed by atoms with van der Waals surface area (Å²) in [5, 5.41) is 0. The zero-order valence-corrected chi connectivity index (χ0v) is 7.01. The van der Waals surface area contributed by atoms with E-state index in [1.165, 1.54) is 4.90 Å². The molecule has 1 saturated heterocycles. The summed E-state index contributed by atoms with van der Waals surface area (Å²) in [4.78, 5) is 12.3. The van der Waals surface area contributed by atoms with E-state index >= 15 is 0 Å². The van der Waals surface area contributed by atoms with Gasteiger partial charge in [0.05, 0.1) is 13.7 Å². The summed E-state index contributed by atoms with van der Waals surface area (Å²) >= 11 is 0. The van der Waals surface area contributed by atoms with Gasteiger partial charge in [-0.3, -0.25) is 9.69 Å². The molecule has 0 aliphatic carbocycles. The van der Waals surface area contributed by atoms with Gasteiger partial charge in [0.25, 0.3) is 5.92 Å². The second kappa shape index (κ2) is 2.97. The zero-order valence-electron chi connectivity index (χ0n) is 7.01. The predicted octanol–water partition coefficient (Wildman–Crippen LogP) is 0.356. The molecular formula is C7H11F2NO2. The fourth-order valence-corrected chi connectivity index (χ4v) is 1.37. The lowest BCUT2D eigenvalue weighted by Gasteiger charge is -2.14. The highest BCUT2D eigenvalue weighted by molar-refractivity contribution is 5.74. The van der Waals surface area contributed by atoms with Gasteiger partial charge in [-0.05, 0) is 7.05 Å². The molecule has 1 rings (SSSR count). The topological polar surface area (TPSA) is 29.5 Å². The number of ether oxygens (including phenoxy) is 1. The molecule has 0 radical (unpaired) electrons. The second-order valence-electron chi connectivity index (χ2n) is 3.03. The summed E-state index contributed by atoms with van der Waals surface area (Å²) in [6.07, 6.45) is 0. The number of carbonyl (C=O) groups excluding carboxylic acids is 1. The van der Waals surface area contributed by atoms with E-state index in [4.69, 9.17) is 0 Å². The van der Waals surface area contributed by atoms with Crippen molar-refractivity contribution in [2.24, 2.45) is 5.92 Å². The van der Waals surface area contributed by atoms with Crippen LogP contribution >= 0.6 is 0 Å². The first-order valence-corrected chi connectivity index (χ1v) is 3.61. The summed E-state index contributed by atoms with van der Waals surface area (Å²) in [7, 11) is 2.67.